The lowest BCUT2D eigenvalue weighted by molar-refractivity contribution is 0.0174. The van der Waals surface area contributed by atoms with Gasteiger partial charge in [0.15, 0.2) is 0 Å². The largest absolute Gasteiger partial charge is 0.381 e. The molecule has 2 saturated heterocycles. The van der Waals surface area contributed by atoms with Crippen LogP contribution in [-0.2, 0) is 4.74 Å². The lowest BCUT2D eigenvalue weighted by atomic mass is 9.84. The lowest BCUT2D eigenvalue weighted by Gasteiger charge is -2.45. The number of nitrogens with one attached hydrogen (secondary N) is 1. The van der Waals surface area contributed by atoms with Gasteiger partial charge in [-0.1, -0.05) is 5.92 Å². The van der Waals surface area contributed by atoms with E-state index in [2.05, 4.69) is 36.9 Å². The monoisotopic (exact) mass is 264 g/mol. The summed E-state index contributed by atoms with van der Waals surface area (Å²) in [7, 11) is 0. The van der Waals surface area contributed by atoms with Crippen LogP contribution in [0, 0.1) is 12.3 Å². The minimum Gasteiger partial charge on any atom is -0.381 e. The van der Waals surface area contributed by atoms with Crippen molar-refractivity contribution in [2.45, 2.75) is 63.6 Å². The topological polar surface area (TPSA) is 24.5 Å². The van der Waals surface area contributed by atoms with Gasteiger partial charge < -0.3 is 9.64 Å². The number of hydrogen-bond acceptors (Lipinski definition) is 3. The van der Waals surface area contributed by atoms with Gasteiger partial charge in [0.25, 0.3) is 0 Å². The Morgan fingerprint density at radius 2 is 1.79 bits per heavy atom. The Kier molecular flexibility index (Phi) is 4.55. The molecule has 108 valence electrons. The van der Waals surface area contributed by atoms with E-state index in [1.165, 1.54) is 12.8 Å². The number of hydrogen-bond donors (Lipinski definition) is 1. The third-order valence-corrected chi connectivity index (χ3v) is 4.25. The van der Waals surface area contributed by atoms with E-state index in [1.54, 1.807) is 0 Å². The quantitative estimate of drug-likeness (QED) is 0.772. The van der Waals surface area contributed by atoms with Crippen LogP contribution in [-0.4, -0.2) is 48.3 Å². The number of rotatable bonds is 2. The normalized spacial score (nSPS) is 26.0. The Balaban J connectivity index is 1.91. The Morgan fingerprint density at radius 1 is 1.21 bits per heavy atom. The minimum atomic E-state index is -0.111. The molecular formula is C16H28N2O. The molecule has 2 heterocycles. The first kappa shape index (κ1) is 14.8. The Morgan fingerprint density at radius 3 is 2.26 bits per heavy atom. The third-order valence-electron chi connectivity index (χ3n) is 4.25. The van der Waals surface area contributed by atoms with E-state index >= 15 is 0 Å². The lowest BCUT2D eigenvalue weighted by Crippen LogP contribution is -2.59. The molecule has 0 spiro atoms. The number of piperidine rings is 1. The predicted molar refractivity (Wildman–Crippen MR) is 79.1 cm³/mol. The molecule has 2 aliphatic rings. The first-order chi connectivity index (χ1) is 8.94. The van der Waals surface area contributed by atoms with Crippen molar-refractivity contribution >= 4 is 0 Å². The fraction of sp³-hybridized carbons (Fsp3) is 0.875. The van der Waals surface area contributed by atoms with E-state index in [0.717, 1.165) is 39.1 Å². The molecule has 2 rings (SSSR count). The van der Waals surface area contributed by atoms with Gasteiger partial charge in [-0.05, 0) is 46.5 Å². The molecule has 0 amide bonds. The van der Waals surface area contributed by atoms with Crippen LogP contribution < -0.4 is 5.32 Å². The molecule has 0 bridgehead atoms. The molecule has 0 saturated carbocycles. The molecule has 1 N–H and O–H groups in total. The second-order valence-electron chi connectivity index (χ2n) is 6.98. The second kappa shape index (κ2) is 5.83. The van der Waals surface area contributed by atoms with Crippen LogP contribution >= 0.6 is 0 Å². The first-order valence-electron chi connectivity index (χ1n) is 7.53. The summed E-state index contributed by atoms with van der Waals surface area (Å²) in [5.74, 6) is 3.03. The van der Waals surface area contributed by atoms with Crippen molar-refractivity contribution < 1.29 is 4.74 Å². The van der Waals surface area contributed by atoms with Crippen molar-refractivity contribution in [3.8, 4) is 12.3 Å². The van der Waals surface area contributed by atoms with E-state index in [9.17, 15) is 0 Å². The Labute approximate surface area is 118 Å². The van der Waals surface area contributed by atoms with E-state index in [4.69, 9.17) is 11.2 Å². The van der Waals surface area contributed by atoms with Gasteiger partial charge in [0.05, 0.1) is 5.54 Å². The van der Waals surface area contributed by atoms with E-state index in [0.29, 0.717) is 6.04 Å². The van der Waals surface area contributed by atoms with Gasteiger partial charge in [0.2, 0.25) is 0 Å². The maximum atomic E-state index is 5.82. The van der Waals surface area contributed by atoms with Crippen LogP contribution in [0.25, 0.3) is 0 Å². The minimum absolute atomic E-state index is 0.0766. The third kappa shape index (κ3) is 3.95. The molecule has 3 heteroatoms. The van der Waals surface area contributed by atoms with Crippen molar-refractivity contribution in [3.63, 3.8) is 0 Å². The zero-order valence-corrected chi connectivity index (χ0v) is 12.7. The highest BCUT2D eigenvalue weighted by atomic mass is 16.5. The van der Waals surface area contributed by atoms with E-state index in [1.807, 2.05) is 0 Å². The van der Waals surface area contributed by atoms with Crippen molar-refractivity contribution in [2.75, 3.05) is 26.3 Å². The Hall–Kier alpha value is -0.560. The first-order valence-corrected chi connectivity index (χ1v) is 7.53. The number of ether oxygens (including phenoxy) is 1. The summed E-state index contributed by atoms with van der Waals surface area (Å²) in [4.78, 5) is 2.61. The summed E-state index contributed by atoms with van der Waals surface area (Å²) >= 11 is 0. The SMILES string of the molecule is C#CC1(NC(C)(C)C)CCN(C2CCOCC2)CC1. The summed E-state index contributed by atoms with van der Waals surface area (Å²) in [6, 6.07) is 0.708. The molecule has 0 aromatic rings. The number of terminal acetylenes is 1. The molecule has 0 unspecified atom stereocenters. The summed E-state index contributed by atoms with van der Waals surface area (Å²) in [6.07, 6.45) is 10.3. The molecule has 0 aromatic carbocycles. The predicted octanol–water partition coefficient (Wildman–Crippen LogP) is 2.02. The number of nitrogens with zero attached hydrogens (tertiary/aromatic N) is 1. The zero-order valence-electron chi connectivity index (χ0n) is 12.7. The van der Waals surface area contributed by atoms with E-state index in [-0.39, 0.29) is 11.1 Å². The highest BCUT2D eigenvalue weighted by molar-refractivity contribution is 5.16. The highest BCUT2D eigenvalue weighted by Crippen LogP contribution is 2.27. The summed E-state index contributed by atoms with van der Waals surface area (Å²) in [5.41, 5.74) is -0.0346. The van der Waals surface area contributed by atoms with E-state index < -0.39 is 0 Å². The van der Waals surface area contributed by atoms with Crippen molar-refractivity contribution in [1.82, 2.24) is 10.2 Å². The van der Waals surface area contributed by atoms with Crippen LogP contribution in [0.1, 0.15) is 46.5 Å². The summed E-state index contributed by atoms with van der Waals surface area (Å²) < 4.78 is 5.45. The van der Waals surface area contributed by atoms with Crippen LogP contribution in [0.2, 0.25) is 0 Å². The van der Waals surface area contributed by atoms with Gasteiger partial charge in [0, 0.05) is 37.9 Å². The smallest absolute Gasteiger partial charge is 0.0826 e. The van der Waals surface area contributed by atoms with Gasteiger partial charge in [-0.25, -0.2) is 0 Å². The fourth-order valence-electron chi connectivity index (χ4n) is 3.34. The van der Waals surface area contributed by atoms with Crippen LogP contribution in [0.15, 0.2) is 0 Å². The average Bonchev–Trinajstić information content (AvgIpc) is 2.39. The van der Waals surface area contributed by atoms with Gasteiger partial charge in [-0.15, -0.1) is 6.42 Å². The van der Waals surface area contributed by atoms with Gasteiger partial charge in [-0.2, -0.15) is 0 Å². The molecular weight excluding hydrogens is 236 g/mol. The van der Waals surface area contributed by atoms with Crippen LogP contribution in [0.3, 0.4) is 0 Å². The number of likely N-dealkylation sites (tertiary alicyclic amines) is 1. The summed E-state index contributed by atoms with van der Waals surface area (Å²) in [6.45, 7) is 10.6. The molecule has 2 fully saturated rings. The van der Waals surface area contributed by atoms with Crippen molar-refractivity contribution in [2.24, 2.45) is 0 Å². The molecule has 0 aromatic heterocycles. The summed E-state index contributed by atoms with van der Waals surface area (Å²) in [5, 5.41) is 3.66. The zero-order chi connectivity index (χ0) is 13.9. The molecule has 2 aliphatic heterocycles. The Bertz CT molecular complexity index is 326. The molecule has 0 atom stereocenters. The second-order valence-corrected chi connectivity index (χ2v) is 6.98. The molecule has 0 aliphatic carbocycles. The van der Waals surface area contributed by atoms with Gasteiger partial charge in [0.1, 0.15) is 0 Å². The van der Waals surface area contributed by atoms with Crippen LogP contribution in [0.5, 0.6) is 0 Å². The van der Waals surface area contributed by atoms with Gasteiger partial charge in [-0.3, -0.25) is 5.32 Å². The maximum absolute atomic E-state index is 5.82. The average molecular weight is 264 g/mol. The maximum Gasteiger partial charge on any atom is 0.0826 e. The molecule has 19 heavy (non-hydrogen) atoms. The highest BCUT2D eigenvalue weighted by Gasteiger charge is 2.37. The fourth-order valence-corrected chi connectivity index (χ4v) is 3.34. The molecule has 0 radical (unpaired) electrons. The van der Waals surface area contributed by atoms with Gasteiger partial charge >= 0.3 is 0 Å². The van der Waals surface area contributed by atoms with Crippen LogP contribution in [0.4, 0.5) is 0 Å². The van der Waals surface area contributed by atoms with Crippen molar-refractivity contribution in [1.29, 1.82) is 0 Å². The standard InChI is InChI=1S/C16H28N2O/c1-5-16(17-15(2,3)4)8-10-18(11-9-16)14-6-12-19-13-7-14/h1,14,17H,6-13H2,2-4H3. The van der Waals surface area contributed by atoms with Crippen molar-refractivity contribution in [3.05, 3.63) is 0 Å². The molecule has 3 nitrogen and oxygen atoms in total.